The SMILES string of the molecule is COC(=O)c1c(NC(=O)c2csc3c2CCCC3)sc(C(=O)Nc2ccccc2C)c1C. The highest BCUT2D eigenvalue weighted by Crippen LogP contribution is 2.36. The number of hydrogen-bond donors (Lipinski definition) is 2. The number of aryl methyl sites for hydroxylation is 2. The first-order valence-electron chi connectivity index (χ1n) is 10.4. The molecule has 32 heavy (non-hydrogen) atoms. The van der Waals surface area contributed by atoms with Crippen LogP contribution in [-0.2, 0) is 17.6 Å². The van der Waals surface area contributed by atoms with E-state index in [0.29, 0.717) is 26.7 Å². The number of carbonyl (C=O) groups excluding carboxylic acids is 3. The molecular formula is C24H24N2O4S2. The molecule has 8 heteroatoms. The second kappa shape index (κ2) is 9.26. The van der Waals surface area contributed by atoms with Crippen LogP contribution in [0.1, 0.15) is 64.8 Å². The van der Waals surface area contributed by atoms with Gasteiger partial charge in [0.25, 0.3) is 11.8 Å². The number of nitrogens with one attached hydrogen (secondary N) is 2. The highest BCUT2D eigenvalue weighted by Gasteiger charge is 2.28. The Bertz CT molecular complexity index is 1210. The fourth-order valence-corrected chi connectivity index (χ4v) is 6.12. The molecule has 0 radical (unpaired) electrons. The van der Waals surface area contributed by atoms with Crippen molar-refractivity contribution in [3.8, 4) is 0 Å². The van der Waals surface area contributed by atoms with Gasteiger partial charge in [0.1, 0.15) is 5.00 Å². The molecule has 0 bridgehead atoms. The lowest BCUT2D eigenvalue weighted by Gasteiger charge is -2.12. The number of amides is 2. The minimum atomic E-state index is -0.587. The smallest absolute Gasteiger partial charge is 0.341 e. The second-order valence-corrected chi connectivity index (χ2v) is 9.72. The van der Waals surface area contributed by atoms with Crippen LogP contribution >= 0.6 is 22.7 Å². The molecule has 1 aromatic carbocycles. The molecule has 2 N–H and O–H groups in total. The summed E-state index contributed by atoms with van der Waals surface area (Å²) in [6.45, 7) is 3.60. The molecule has 2 aromatic heterocycles. The van der Waals surface area contributed by atoms with Gasteiger partial charge in [-0.1, -0.05) is 18.2 Å². The molecule has 0 aliphatic heterocycles. The third-order valence-corrected chi connectivity index (χ3v) is 7.96. The number of methoxy groups -OCH3 is 1. The van der Waals surface area contributed by atoms with Crippen LogP contribution in [-0.4, -0.2) is 24.9 Å². The zero-order valence-corrected chi connectivity index (χ0v) is 19.8. The number of hydrogen-bond acceptors (Lipinski definition) is 6. The van der Waals surface area contributed by atoms with Crippen molar-refractivity contribution in [3.05, 3.63) is 67.2 Å². The molecule has 0 atom stereocenters. The molecule has 2 amide bonds. The minimum absolute atomic E-state index is 0.213. The van der Waals surface area contributed by atoms with Crippen molar-refractivity contribution in [1.82, 2.24) is 0 Å². The summed E-state index contributed by atoms with van der Waals surface area (Å²) in [5.41, 5.74) is 4.07. The Morgan fingerprint density at radius 2 is 1.75 bits per heavy atom. The summed E-state index contributed by atoms with van der Waals surface area (Å²) in [4.78, 5) is 40.2. The van der Waals surface area contributed by atoms with E-state index in [2.05, 4.69) is 10.6 Å². The van der Waals surface area contributed by atoms with E-state index in [0.717, 1.165) is 48.1 Å². The number of rotatable bonds is 5. The van der Waals surface area contributed by atoms with Crippen molar-refractivity contribution < 1.29 is 19.1 Å². The Hall–Kier alpha value is -2.97. The van der Waals surface area contributed by atoms with Crippen molar-refractivity contribution in [2.75, 3.05) is 17.7 Å². The first kappa shape index (κ1) is 22.2. The van der Waals surface area contributed by atoms with E-state index in [1.807, 2.05) is 36.6 Å². The number of ether oxygens (including phenoxy) is 1. The summed E-state index contributed by atoms with van der Waals surface area (Å²) in [7, 11) is 1.29. The van der Waals surface area contributed by atoms with Crippen LogP contribution in [0.15, 0.2) is 29.6 Å². The van der Waals surface area contributed by atoms with E-state index in [9.17, 15) is 14.4 Å². The molecule has 1 aliphatic carbocycles. The topological polar surface area (TPSA) is 84.5 Å². The van der Waals surface area contributed by atoms with E-state index < -0.39 is 5.97 Å². The van der Waals surface area contributed by atoms with Crippen LogP contribution in [0.4, 0.5) is 10.7 Å². The van der Waals surface area contributed by atoms with Crippen molar-refractivity contribution in [3.63, 3.8) is 0 Å². The lowest BCUT2D eigenvalue weighted by molar-refractivity contribution is 0.0601. The van der Waals surface area contributed by atoms with Gasteiger partial charge >= 0.3 is 5.97 Å². The van der Waals surface area contributed by atoms with Crippen molar-refractivity contribution in [1.29, 1.82) is 0 Å². The predicted octanol–water partition coefficient (Wildman–Crippen LogP) is 5.60. The fraction of sp³-hybridized carbons (Fsp3) is 0.292. The van der Waals surface area contributed by atoms with Gasteiger partial charge in [0.05, 0.1) is 23.1 Å². The Morgan fingerprint density at radius 1 is 1.00 bits per heavy atom. The summed E-state index contributed by atoms with van der Waals surface area (Å²) in [6, 6.07) is 7.47. The van der Waals surface area contributed by atoms with Crippen molar-refractivity contribution in [2.45, 2.75) is 39.5 Å². The highest BCUT2D eigenvalue weighted by molar-refractivity contribution is 7.19. The number of esters is 1. The normalized spacial score (nSPS) is 12.7. The molecule has 1 aliphatic rings. The third kappa shape index (κ3) is 4.20. The average Bonchev–Trinajstić information content (AvgIpc) is 3.36. The highest BCUT2D eigenvalue weighted by atomic mass is 32.1. The largest absolute Gasteiger partial charge is 0.465 e. The van der Waals surface area contributed by atoms with E-state index in [4.69, 9.17) is 4.74 Å². The molecule has 0 spiro atoms. The molecule has 2 heterocycles. The van der Waals surface area contributed by atoms with Crippen LogP contribution in [0, 0.1) is 13.8 Å². The Labute approximate surface area is 194 Å². The van der Waals surface area contributed by atoms with Gasteiger partial charge in [0, 0.05) is 15.9 Å². The number of thiophene rings is 2. The molecule has 4 rings (SSSR count). The molecule has 166 valence electrons. The van der Waals surface area contributed by atoms with Crippen LogP contribution in [0.25, 0.3) is 0 Å². The Balaban J connectivity index is 1.65. The lowest BCUT2D eigenvalue weighted by Crippen LogP contribution is -2.16. The lowest BCUT2D eigenvalue weighted by atomic mass is 9.95. The molecule has 3 aromatic rings. The van der Waals surface area contributed by atoms with E-state index in [-0.39, 0.29) is 17.4 Å². The van der Waals surface area contributed by atoms with Crippen molar-refractivity contribution >= 4 is 51.1 Å². The monoisotopic (exact) mass is 468 g/mol. The number of para-hydroxylation sites is 1. The maximum absolute atomic E-state index is 13.1. The summed E-state index contributed by atoms with van der Waals surface area (Å²) in [5.74, 6) is -1.18. The standard InChI is InChI=1S/C24H24N2O4S2/c1-13-8-4-6-10-17(13)25-22(28)20-14(2)19(24(29)30-3)23(32-20)26-21(27)16-12-31-18-11-7-5-9-15(16)18/h4,6,8,10,12H,5,7,9,11H2,1-3H3,(H,25,28)(H,26,27). The first-order chi connectivity index (χ1) is 15.4. The minimum Gasteiger partial charge on any atom is -0.465 e. The van der Waals surface area contributed by atoms with Crippen molar-refractivity contribution in [2.24, 2.45) is 0 Å². The van der Waals surface area contributed by atoms with Gasteiger partial charge in [0.15, 0.2) is 0 Å². The molecule has 6 nitrogen and oxygen atoms in total. The third-order valence-electron chi connectivity index (χ3n) is 5.67. The quantitative estimate of drug-likeness (QED) is 0.478. The van der Waals surface area contributed by atoms with Crippen LogP contribution in [0.3, 0.4) is 0 Å². The summed E-state index contributed by atoms with van der Waals surface area (Å²) >= 11 is 2.69. The maximum atomic E-state index is 13.1. The number of anilines is 2. The van der Waals surface area contributed by atoms with Gasteiger partial charge in [-0.25, -0.2) is 4.79 Å². The molecule has 0 unspecified atom stereocenters. The van der Waals surface area contributed by atoms with E-state index in [1.165, 1.54) is 12.0 Å². The Morgan fingerprint density at radius 3 is 2.50 bits per heavy atom. The summed E-state index contributed by atoms with van der Waals surface area (Å²) < 4.78 is 4.94. The Kier molecular flexibility index (Phi) is 6.43. The van der Waals surface area contributed by atoms with Gasteiger partial charge in [-0.05, 0) is 62.3 Å². The van der Waals surface area contributed by atoms with E-state index >= 15 is 0 Å². The van der Waals surface area contributed by atoms with Gasteiger partial charge in [-0.2, -0.15) is 0 Å². The summed E-state index contributed by atoms with van der Waals surface area (Å²) in [5, 5.41) is 7.98. The molecule has 0 fully saturated rings. The predicted molar refractivity (Wildman–Crippen MR) is 128 cm³/mol. The van der Waals surface area contributed by atoms with Crippen LogP contribution < -0.4 is 10.6 Å². The molecule has 0 saturated heterocycles. The summed E-state index contributed by atoms with van der Waals surface area (Å²) in [6.07, 6.45) is 4.10. The van der Waals surface area contributed by atoms with Crippen LogP contribution in [0.2, 0.25) is 0 Å². The van der Waals surface area contributed by atoms with Crippen LogP contribution in [0.5, 0.6) is 0 Å². The van der Waals surface area contributed by atoms with Gasteiger partial charge in [-0.3, -0.25) is 9.59 Å². The first-order valence-corrected chi connectivity index (χ1v) is 12.1. The fourth-order valence-electron chi connectivity index (χ4n) is 3.91. The van der Waals surface area contributed by atoms with Gasteiger partial charge in [-0.15, -0.1) is 22.7 Å². The average molecular weight is 469 g/mol. The zero-order valence-electron chi connectivity index (χ0n) is 18.2. The van der Waals surface area contributed by atoms with E-state index in [1.54, 1.807) is 18.3 Å². The molecule has 0 saturated carbocycles. The van der Waals surface area contributed by atoms with Gasteiger partial charge in [0.2, 0.25) is 0 Å². The maximum Gasteiger partial charge on any atom is 0.341 e. The second-order valence-electron chi connectivity index (χ2n) is 7.73. The van der Waals surface area contributed by atoms with Gasteiger partial charge < -0.3 is 15.4 Å². The molecular weight excluding hydrogens is 444 g/mol. The number of benzene rings is 1. The number of fused-ring (bicyclic) bond motifs is 1. The zero-order chi connectivity index (χ0) is 22.8. The number of carbonyl (C=O) groups is 3.